The van der Waals surface area contributed by atoms with Crippen LogP contribution in [-0.2, 0) is 32.7 Å². The molecule has 1 saturated carbocycles. The minimum Gasteiger partial charge on any atom is -0.466 e. The zero-order valence-electron chi connectivity index (χ0n) is 15.2. The Bertz CT molecular complexity index is 784. The normalized spacial score (nSPS) is 25.9. The van der Waals surface area contributed by atoms with Crippen LogP contribution in [0.15, 0.2) is 18.2 Å². The topological polar surface area (TPSA) is 51.3 Å². The third-order valence-corrected chi connectivity index (χ3v) is 6.01. The third kappa shape index (κ3) is 2.67. The smallest absolute Gasteiger partial charge is 0.308 e. The number of ether oxygens (including phenoxy) is 2. The van der Waals surface area contributed by atoms with Gasteiger partial charge in [-0.25, -0.2) is 0 Å². The van der Waals surface area contributed by atoms with E-state index in [-0.39, 0.29) is 17.5 Å². The molecule has 2 heterocycles. The molecule has 25 heavy (non-hydrogen) atoms. The first-order valence-electron chi connectivity index (χ1n) is 9.62. The van der Waals surface area contributed by atoms with Crippen LogP contribution in [0.3, 0.4) is 0 Å². The van der Waals surface area contributed by atoms with Crippen LogP contribution in [0.2, 0.25) is 0 Å². The molecule has 1 aliphatic heterocycles. The van der Waals surface area contributed by atoms with Crippen molar-refractivity contribution in [2.45, 2.75) is 58.0 Å². The van der Waals surface area contributed by atoms with Gasteiger partial charge in [0.1, 0.15) is 5.60 Å². The van der Waals surface area contributed by atoms with Gasteiger partial charge in [-0.3, -0.25) is 4.79 Å². The SMILES string of the molecule is CCOC(=O)C1CCC2(CC1)OCCc1c2[nH]c2c(CC)cccc12. The second kappa shape index (κ2) is 6.49. The summed E-state index contributed by atoms with van der Waals surface area (Å²) in [6.07, 6.45) is 5.44. The van der Waals surface area contributed by atoms with E-state index in [1.165, 1.54) is 27.7 Å². The second-order valence-electron chi connectivity index (χ2n) is 7.29. The third-order valence-electron chi connectivity index (χ3n) is 6.01. The van der Waals surface area contributed by atoms with Gasteiger partial charge < -0.3 is 14.5 Å². The summed E-state index contributed by atoms with van der Waals surface area (Å²) in [4.78, 5) is 15.8. The molecule has 4 heteroatoms. The van der Waals surface area contributed by atoms with Crippen LogP contribution < -0.4 is 0 Å². The number of carbonyl (C=O) groups excluding carboxylic acids is 1. The Balaban J connectivity index is 1.67. The standard InChI is InChI=1S/C21H27NO3/c1-3-14-6-5-7-16-17-10-13-25-21(19(17)22-18(14)16)11-8-15(9-12-21)20(23)24-4-2/h5-7,15,22H,3-4,8-13H2,1-2H3. The molecule has 0 atom stereocenters. The Hall–Kier alpha value is -1.81. The average Bonchev–Trinajstić information content (AvgIpc) is 3.03. The number of aryl methyl sites for hydroxylation is 1. The van der Waals surface area contributed by atoms with Crippen molar-refractivity contribution in [2.24, 2.45) is 5.92 Å². The van der Waals surface area contributed by atoms with Gasteiger partial charge in [0.15, 0.2) is 0 Å². The molecule has 1 fully saturated rings. The lowest BCUT2D eigenvalue weighted by atomic mass is 9.74. The van der Waals surface area contributed by atoms with Gasteiger partial charge in [-0.05, 0) is 56.6 Å². The van der Waals surface area contributed by atoms with Gasteiger partial charge in [-0.2, -0.15) is 0 Å². The first kappa shape index (κ1) is 16.6. The molecule has 0 amide bonds. The fraction of sp³-hybridized carbons (Fsp3) is 0.571. The predicted molar refractivity (Wildman–Crippen MR) is 97.6 cm³/mol. The van der Waals surface area contributed by atoms with Crippen molar-refractivity contribution in [3.63, 3.8) is 0 Å². The number of H-pyrrole nitrogens is 1. The molecule has 0 saturated heterocycles. The van der Waals surface area contributed by atoms with Crippen LogP contribution in [0.1, 0.15) is 56.4 Å². The van der Waals surface area contributed by atoms with E-state index in [0.717, 1.165) is 45.1 Å². The summed E-state index contributed by atoms with van der Waals surface area (Å²) in [5.74, 6) is -0.0200. The van der Waals surface area contributed by atoms with Crippen LogP contribution in [0, 0.1) is 5.92 Å². The molecule has 0 unspecified atom stereocenters. The fourth-order valence-electron chi connectivity index (χ4n) is 4.67. The number of hydrogen-bond donors (Lipinski definition) is 1. The molecule has 4 nitrogen and oxygen atoms in total. The van der Waals surface area contributed by atoms with Gasteiger partial charge in [0.25, 0.3) is 0 Å². The van der Waals surface area contributed by atoms with E-state index in [9.17, 15) is 4.79 Å². The Kier molecular flexibility index (Phi) is 4.32. The Morgan fingerprint density at radius 3 is 2.84 bits per heavy atom. The van der Waals surface area contributed by atoms with Gasteiger partial charge in [0.05, 0.1) is 24.8 Å². The largest absolute Gasteiger partial charge is 0.466 e. The van der Waals surface area contributed by atoms with E-state index in [4.69, 9.17) is 9.47 Å². The molecule has 1 N–H and O–H groups in total. The number of para-hydroxylation sites is 1. The highest BCUT2D eigenvalue weighted by molar-refractivity contribution is 5.88. The highest BCUT2D eigenvalue weighted by Crippen LogP contribution is 2.47. The fourth-order valence-corrected chi connectivity index (χ4v) is 4.67. The summed E-state index contributed by atoms with van der Waals surface area (Å²) in [7, 11) is 0. The lowest BCUT2D eigenvalue weighted by molar-refractivity contribution is -0.153. The molecule has 1 aromatic carbocycles. The molecule has 2 aliphatic rings. The quantitative estimate of drug-likeness (QED) is 0.849. The van der Waals surface area contributed by atoms with Gasteiger partial charge in [-0.1, -0.05) is 25.1 Å². The lowest BCUT2D eigenvalue weighted by Gasteiger charge is -2.42. The average molecular weight is 341 g/mol. The molecular weight excluding hydrogens is 314 g/mol. The first-order valence-corrected chi connectivity index (χ1v) is 9.62. The van der Waals surface area contributed by atoms with E-state index in [0.29, 0.717) is 6.61 Å². The number of hydrogen-bond acceptors (Lipinski definition) is 3. The molecule has 0 radical (unpaired) electrons. The van der Waals surface area contributed by atoms with E-state index in [1.54, 1.807) is 0 Å². The number of fused-ring (bicyclic) bond motifs is 4. The number of aromatic amines is 1. The minimum absolute atomic E-state index is 0.0233. The highest BCUT2D eigenvalue weighted by atomic mass is 16.5. The molecule has 1 aliphatic carbocycles. The first-order chi connectivity index (χ1) is 12.2. The maximum atomic E-state index is 12.1. The summed E-state index contributed by atoms with van der Waals surface area (Å²) in [6.45, 7) is 5.29. The van der Waals surface area contributed by atoms with Crippen LogP contribution in [0.5, 0.6) is 0 Å². The maximum absolute atomic E-state index is 12.1. The van der Waals surface area contributed by atoms with Crippen LogP contribution in [0.4, 0.5) is 0 Å². The second-order valence-corrected chi connectivity index (χ2v) is 7.29. The number of nitrogens with one attached hydrogen (secondary N) is 1. The van der Waals surface area contributed by atoms with Crippen LogP contribution in [-0.4, -0.2) is 24.2 Å². The lowest BCUT2D eigenvalue weighted by Crippen LogP contribution is -2.40. The maximum Gasteiger partial charge on any atom is 0.308 e. The summed E-state index contributed by atoms with van der Waals surface area (Å²) >= 11 is 0. The van der Waals surface area contributed by atoms with Crippen molar-refractivity contribution in [3.05, 3.63) is 35.0 Å². The number of aromatic nitrogens is 1. The van der Waals surface area contributed by atoms with Gasteiger partial charge in [-0.15, -0.1) is 0 Å². The van der Waals surface area contributed by atoms with Crippen molar-refractivity contribution in [1.82, 2.24) is 4.98 Å². The van der Waals surface area contributed by atoms with E-state index >= 15 is 0 Å². The van der Waals surface area contributed by atoms with Crippen molar-refractivity contribution < 1.29 is 14.3 Å². The summed E-state index contributed by atoms with van der Waals surface area (Å²) in [6, 6.07) is 6.59. The zero-order chi connectivity index (χ0) is 17.4. The van der Waals surface area contributed by atoms with Gasteiger partial charge >= 0.3 is 5.97 Å². The summed E-state index contributed by atoms with van der Waals surface area (Å²) in [5, 5.41) is 1.35. The Labute approximate surface area is 148 Å². The van der Waals surface area contributed by atoms with Gasteiger partial charge in [0, 0.05) is 10.9 Å². The van der Waals surface area contributed by atoms with Crippen LogP contribution >= 0.6 is 0 Å². The molecule has 134 valence electrons. The van der Waals surface area contributed by atoms with Crippen molar-refractivity contribution in [1.29, 1.82) is 0 Å². The van der Waals surface area contributed by atoms with Crippen LogP contribution in [0.25, 0.3) is 10.9 Å². The van der Waals surface area contributed by atoms with Crippen molar-refractivity contribution in [2.75, 3.05) is 13.2 Å². The van der Waals surface area contributed by atoms with E-state index < -0.39 is 0 Å². The van der Waals surface area contributed by atoms with Gasteiger partial charge in [0.2, 0.25) is 0 Å². The number of esters is 1. The molecular formula is C21H27NO3. The Morgan fingerprint density at radius 2 is 2.12 bits per heavy atom. The summed E-state index contributed by atoms with van der Waals surface area (Å²) < 4.78 is 11.6. The Morgan fingerprint density at radius 1 is 1.32 bits per heavy atom. The molecule has 1 aromatic heterocycles. The molecule has 4 rings (SSSR count). The highest BCUT2D eigenvalue weighted by Gasteiger charge is 2.44. The number of carbonyl (C=O) groups is 1. The van der Waals surface area contributed by atoms with E-state index in [2.05, 4.69) is 30.1 Å². The molecule has 2 aromatic rings. The van der Waals surface area contributed by atoms with Crippen molar-refractivity contribution >= 4 is 16.9 Å². The molecule has 0 bridgehead atoms. The van der Waals surface area contributed by atoms with Crippen molar-refractivity contribution in [3.8, 4) is 0 Å². The molecule has 1 spiro atoms. The predicted octanol–water partition coefficient (Wildman–Crippen LogP) is 4.25. The zero-order valence-corrected chi connectivity index (χ0v) is 15.2. The number of benzene rings is 1. The van der Waals surface area contributed by atoms with E-state index in [1.807, 2.05) is 6.92 Å². The minimum atomic E-state index is -0.249. The number of rotatable bonds is 3. The summed E-state index contributed by atoms with van der Waals surface area (Å²) in [5.41, 5.74) is 5.07. The monoisotopic (exact) mass is 341 g/mol.